The predicted molar refractivity (Wildman–Crippen MR) is 110 cm³/mol. The Balaban J connectivity index is 1.52. The molecule has 0 spiro atoms. The van der Waals surface area contributed by atoms with Gasteiger partial charge in [-0.2, -0.15) is 9.30 Å². The highest BCUT2D eigenvalue weighted by Crippen LogP contribution is 2.31. The van der Waals surface area contributed by atoms with E-state index in [1.807, 2.05) is 6.92 Å². The van der Waals surface area contributed by atoms with E-state index in [0.717, 1.165) is 10.5 Å². The number of allylic oxidation sites excluding steroid dienone is 1. The van der Waals surface area contributed by atoms with Crippen molar-refractivity contribution in [2.75, 3.05) is 20.2 Å². The van der Waals surface area contributed by atoms with Crippen molar-refractivity contribution in [2.24, 2.45) is 15.9 Å². The third kappa shape index (κ3) is 3.46. The highest BCUT2D eigenvalue weighted by Gasteiger charge is 2.42. The highest BCUT2D eigenvalue weighted by atomic mass is 32.2. The lowest BCUT2D eigenvalue weighted by Crippen LogP contribution is -2.54. The summed E-state index contributed by atoms with van der Waals surface area (Å²) < 4.78 is 33.0. The molecule has 3 aliphatic heterocycles. The normalized spacial score (nSPS) is 22.8. The minimum Gasteiger partial charge on any atom is -0.495 e. The summed E-state index contributed by atoms with van der Waals surface area (Å²) in [6.07, 6.45) is 5.50. The second kappa shape index (κ2) is 7.77. The van der Waals surface area contributed by atoms with E-state index >= 15 is 0 Å². The van der Waals surface area contributed by atoms with Gasteiger partial charge < -0.3 is 4.74 Å². The number of amidine groups is 1. The summed E-state index contributed by atoms with van der Waals surface area (Å²) in [4.78, 5) is 34.5. The highest BCUT2D eigenvalue weighted by molar-refractivity contribution is 7.89. The number of rotatable bonds is 4. The summed E-state index contributed by atoms with van der Waals surface area (Å²) in [6.45, 7) is 2.20. The van der Waals surface area contributed by atoms with Crippen molar-refractivity contribution >= 4 is 34.0 Å². The predicted octanol–water partition coefficient (Wildman–Crippen LogP) is 1.77. The number of fused-ring (bicyclic) bond motifs is 1. The number of ether oxygens (including phenoxy) is 1. The summed E-state index contributed by atoms with van der Waals surface area (Å²) in [5.41, 5.74) is 0.811. The largest absolute Gasteiger partial charge is 0.495 e. The molecule has 1 saturated heterocycles. The number of benzene rings is 1. The Hall–Kier alpha value is -2.85. The van der Waals surface area contributed by atoms with Gasteiger partial charge in [0.2, 0.25) is 15.9 Å². The fraction of sp³-hybridized carbons (Fsp3) is 0.400. The Morgan fingerprint density at radius 3 is 2.60 bits per heavy atom. The Morgan fingerprint density at radius 2 is 1.90 bits per heavy atom. The first kappa shape index (κ1) is 20.4. The lowest BCUT2D eigenvalue weighted by molar-refractivity contribution is -0.131. The summed E-state index contributed by atoms with van der Waals surface area (Å²) in [6, 6.07) is 3.97. The molecule has 3 aliphatic rings. The van der Waals surface area contributed by atoms with Crippen LogP contribution >= 0.6 is 0 Å². The number of imide groups is 1. The van der Waals surface area contributed by atoms with Gasteiger partial charge in [0.25, 0.3) is 0 Å². The van der Waals surface area contributed by atoms with Crippen LogP contribution in [-0.2, 0) is 14.8 Å². The number of urea groups is 1. The van der Waals surface area contributed by atoms with Crippen molar-refractivity contribution in [1.29, 1.82) is 0 Å². The molecule has 1 unspecified atom stereocenters. The molecule has 4 rings (SSSR count). The second-order valence-corrected chi connectivity index (χ2v) is 9.30. The smallest absolute Gasteiger partial charge is 0.352 e. The van der Waals surface area contributed by atoms with Crippen molar-refractivity contribution < 1.29 is 22.7 Å². The second-order valence-electron chi connectivity index (χ2n) is 7.39. The molecule has 0 radical (unpaired) electrons. The molecule has 3 amide bonds. The molecule has 30 heavy (non-hydrogen) atoms. The van der Waals surface area contributed by atoms with Crippen LogP contribution in [0.5, 0.6) is 5.75 Å². The van der Waals surface area contributed by atoms with Crippen LogP contribution in [0.25, 0.3) is 0 Å². The number of hydrogen-bond acceptors (Lipinski definition) is 6. The van der Waals surface area contributed by atoms with E-state index in [2.05, 4.69) is 9.98 Å². The van der Waals surface area contributed by atoms with Gasteiger partial charge in [-0.15, -0.1) is 0 Å². The van der Waals surface area contributed by atoms with Gasteiger partial charge in [-0.25, -0.2) is 18.2 Å². The lowest BCUT2D eigenvalue weighted by Gasteiger charge is -2.38. The Morgan fingerprint density at radius 1 is 1.17 bits per heavy atom. The van der Waals surface area contributed by atoms with Crippen LogP contribution in [0.3, 0.4) is 0 Å². The number of carbonyl (C=O) groups is 2. The summed E-state index contributed by atoms with van der Waals surface area (Å²) in [5.74, 6) is -0.531. The maximum absolute atomic E-state index is 13.2. The van der Waals surface area contributed by atoms with Crippen molar-refractivity contribution in [3.8, 4) is 5.75 Å². The average molecular weight is 430 g/mol. The summed E-state index contributed by atoms with van der Waals surface area (Å²) in [7, 11) is -2.33. The molecule has 1 aromatic carbocycles. The monoisotopic (exact) mass is 430 g/mol. The first-order chi connectivity index (χ1) is 14.3. The van der Waals surface area contributed by atoms with Crippen LogP contribution in [0.2, 0.25) is 0 Å². The third-order valence-corrected chi connectivity index (χ3v) is 7.44. The molecule has 158 valence electrons. The van der Waals surface area contributed by atoms with Crippen molar-refractivity contribution in [3.05, 3.63) is 35.9 Å². The number of piperidine rings is 1. The zero-order chi connectivity index (χ0) is 21.5. The Labute approximate surface area is 174 Å². The van der Waals surface area contributed by atoms with E-state index in [-0.39, 0.29) is 35.5 Å². The first-order valence-electron chi connectivity index (χ1n) is 9.64. The van der Waals surface area contributed by atoms with E-state index < -0.39 is 28.0 Å². The van der Waals surface area contributed by atoms with Crippen molar-refractivity contribution in [3.63, 3.8) is 0 Å². The molecule has 1 fully saturated rings. The molecule has 0 aromatic heterocycles. The van der Waals surface area contributed by atoms with E-state index in [9.17, 15) is 18.0 Å². The van der Waals surface area contributed by atoms with Crippen LogP contribution in [0, 0.1) is 12.8 Å². The fourth-order valence-corrected chi connectivity index (χ4v) is 5.65. The van der Waals surface area contributed by atoms with Gasteiger partial charge in [0.05, 0.1) is 7.11 Å². The Bertz CT molecular complexity index is 1080. The summed E-state index contributed by atoms with van der Waals surface area (Å²) in [5, 5.41) is 0. The average Bonchev–Trinajstić information content (AvgIpc) is 2.74. The fourth-order valence-electron chi connectivity index (χ4n) is 3.94. The number of carbonyl (C=O) groups excluding carboxylic acids is 2. The number of methoxy groups -OCH3 is 1. The first-order valence-corrected chi connectivity index (χ1v) is 11.1. The molecule has 3 heterocycles. The van der Waals surface area contributed by atoms with Gasteiger partial charge in [0.1, 0.15) is 22.4 Å². The number of hydrogen-bond donors (Lipinski definition) is 0. The molecular formula is C20H22N4O5S. The SMILES string of the molecule is COc1ccc(C)cc1S(=O)(=O)N1CCC(N2C(=O)N=C3N=CC=CC3C2=O)CC1. The molecule has 0 aliphatic carbocycles. The maximum Gasteiger partial charge on any atom is 0.352 e. The standard InChI is InChI=1S/C20H22N4O5S/c1-13-5-6-16(29-2)17(12-13)30(27,28)23-10-7-14(8-11-23)24-19(25)15-4-3-9-21-18(15)22-20(24)26/h3-6,9,12,14-15H,7-8,10-11H2,1-2H3. The number of sulfonamides is 1. The van der Waals surface area contributed by atoms with Crippen LogP contribution in [0.15, 0.2) is 45.2 Å². The molecule has 10 heteroatoms. The number of aliphatic imine (C=N–C) groups is 2. The lowest BCUT2D eigenvalue weighted by atomic mass is 9.98. The van der Waals surface area contributed by atoms with Crippen LogP contribution < -0.4 is 4.74 Å². The number of dihydropyridines is 1. The van der Waals surface area contributed by atoms with E-state index in [1.165, 1.54) is 17.6 Å². The Kier molecular flexibility index (Phi) is 5.29. The quantitative estimate of drug-likeness (QED) is 0.723. The number of aryl methyl sites for hydroxylation is 1. The number of nitrogens with zero attached hydrogens (tertiary/aromatic N) is 4. The molecular weight excluding hydrogens is 408 g/mol. The molecule has 1 atom stereocenters. The van der Waals surface area contributed by atoms with Crippen molar-refractivity contribution in [2.45, 2.75) is 30.7 Å². The van der Waals surface area contributed by atoms with E-state index in [0.29, 0.717) is 12.8 Å². The van der Waals surface area contributed by atoms with Crippen molar-refractivity contribution in [1.82, 2.24) is 9.21 Å². The molecule has 0 saturated carbocycles. The van der Waals surface area contributed by atoms with Gasteiger partial charge in [-0.05, 0) is 43.5 Å². The van der Waals surface area contributed by atoms with Gasteiger partial charge in [-0.3, -0.25) is 9.69 Å². The minimum absolute atomic E-state index is 0.119. The summed E-state index contributed by atoms with van der Waals surface area (Å²) >= 11 is 0. The molecule has 0 bridgehead atoms. The maximum atomic E-state index is 13.2. The van der Waals surface area contributed by atoms with Gasteiger partial charge in [-0.1, -0.05) is 12.1 Å². The van der Waals surface area contributed by atoms with Crippen LogP contribution in [-0.4, -0.2) is 67.9 Å². The third-order valence-electron chi connectivity index (χ3n) is 5.52. The zero-order valence-electron chi connectivity index (χ0n) is 16.7. The van der Waals surface area contributed by atoms with Gasteiger partial charge >= 0.3 is 6.03 Å². The number of amides is 3. The topological polar surface area (TPSA) is 109 Å². The zero-order valence-corrected chi connectivity index (χ0v) is 17.5. The minimum atomic E-state index is -3.77. The van der Waals surface area contributed by atoms with E-state index in [1.54, 1.807) is 30.4 Å². The van der Waals surface area contributed by atoms with E-state index in [4.69, 9.17) is 4.74 Å². The molecule has 9 nitrogen and oxygen atoms in total. The molecule has 0 N–H and O–H groups in total. The van der Waals surface area contributed by atoms with Gasteiger partial charge in [0, 0.05) is 25.3 Å². The van der Waals surface area contributed by atoms with Crippen LogP contribution in [0.4, 0.5) is 4.79 Å². The molecule has 1 aromatic rings. The van der Waals surface area contributed by atoms with Gasteiger partial charge in [0.15, 0.2) is 0 Å². The van der Waals surface area contributed by atoms with Crippen LogP contribution in [0.1, 0.15) is 18.4 Å².